The fraction of sp³-hybridized carbons (Fsp3) is 0.455. The molecule has 0 radical (unpaired) electrons. The molecular formula is C11H17N3O4S. The lowest BCUT2D eigenvalue weighted by Gasteiger charge is -2.09. The van der Waals surface area contributed by atoms with Gasteiger partial charge < -0.3 is 10.3 Å². The molecule has 0 bridgehead atoms. The Labute approximate surface area is 111 Å². The highest BCUT2D eigenvalue weighted by molar-refractivity contribution is 7.89. The molecule has 0 unspecified atom stereocenters. The monoisotopic (exact) mass is 287 g/mol. The summed E-state index contributed by atoms with van der Waals surface area (Å²) in [7, 11) is -3.70. The predicted octanol–water partition coefficient (Wildman–Crippen LogP) is -0.432. The molecule has 106 valence electrons. The molecule has 7 nitrogen and oxygen atoms in total. The van der Waals surface area contributed by atoms with Crippen LogP contribution in [0, 0.1) is 0 Å². The van der Waals surface area contributed by atoms with E-state index >= 15 is 0 Å². The molecule has 1 amide bonds. The van der Waals surface area contributed by atoms with E-state index in [-0.39, 0.29) is 35.4 Å². The molecule has 1 heterocycles. The summed E-state index contributed by atoms with van der Waals surface area (Å²) in [5.41, 5.74) is -0.379. The maximum atomic E-state index is 11.8. The number of carbonyl (C=O) groups excluding carboxylic acids is 1. The zero-order chi connectivity index (χ0) is 14.5. The molecule has 0 saturated carbocycles. The van der Waals surface area contributed by atoms with Crippen molar-refractivity contribution in [3.05, 3.63) is 28.7 Å². The SMILES string of the molecule is CC(C)NC(=O)CCNS(=O)(=O)c1ccc(=O)[nH]c1. The molecular weight excluding hydrogens is 270 g/mol. The number of sulfonamides is 1. The molecule has 1 aromatic heterocycles. The fourth-order valence-corrected chi connectivity index (χ4v) is 2.34. The average Bonchev–Trinajstić information content (AvgIpc) is 2.28. The van der Waals surface area contributed by atoms with Crippen LogP contribution in [-0.4, -0.2) is 31.9 Å². The van der Waals surface area contributed by atoms with Crippen LogP contribution in [0.2, 0.25) is 0 Å². The zero-order valence-electron chi connectivity index (χ0n) is 10.8. The average molecular weight is 287 g/mol. The summed E-state index contributed by atoms with van der Waals surface area (Å²) in [6.45, 7) is 3.64. The lowest BCUT2D eigenvalue weighted by molar-refractivity contribution is -0.121. The van der Waals surface area contributed by atoms with Gasteiger partial charge in [-0.2, -0.15) is 0 Å². The highest BCUT2D eigenvalue weighted by Crippen LogP contribution is 2.03. The number of carbonyl (C=O) groups is 1. The van der Waals surface area contributed by atoms with Gasteiger partial charge in [0.2, 0.25) is 21.5 Å². The molecule has 0 aliphatic carbocycles. The third kappa shape index (κ3) is 5.23. The Morgan fingerprint density at radius 2 is 2.05 bits per heavy atom. The molecule has 19 heavy (non-hydrogen) atoms. The van der Waals surface area contributed by atoms with E-state index in [1.807, 2.05) is 13.8 Å². The van der Waals surface area contributed by atoms with Crippen molar-refractivity contribution in [1.29, 1.82) is 0 Å². The lowest BCUT2D eigenvalue weighted by Crippen LogP contribution is -2.34. The van der Waals surface area contributed by atoms with Gasteiger partial charge in [0.05, 0.1) is 4.90 Å². The Morgan fingerprint density at radius 3 is 2.58 bits per heavy atom. The molecule has 0 saturated heterocycles. The maximum absolute atomic E-state index is 11.8. The van der Waals surface area contributed by atoms with Crippen LogP contribution in [0.3, 0.4) is 0 Å². The van der Waals surface area contributed by atoms with Crippen LogP contribution in [-0.2, 0) is 14.8 Å². The van der Waals surface area contributed by atoms with Gasteiger partial charge in [-0.15, -0.1) is 0 Å². The Morgan fingerprint density at radius 1 is 1.37 bits per heavy atom. The Hall–Kier alpha value is -1.67. The zero-order valence-corrected chi connectivity index (χ0v) is 11.6. The van der Waals surface area contributed by atoms with Gasteiger partial charge in [0.15, 0.2) is 0 Å². The van der Waals surface area contributed by atoms with Crippen molar-refractivity contribution in [2.45, 2.75) is 31.2 Å². The van der Waals surface area contributed by atoms with Crippen LogP contribution in [0.25, 0.3) is 0 Å². The van der Waals surface area contributed by atoms with Crippen LogP contribution < -0.4 is 15.6 Å². The number of pyridine rings is 1. The number of aromatic nitrogens is 1. The van der Waals surface area contributed by atoms with E-state index in [1.165, 1.54) is 6.07 Å². The van der Waals surface area contributed by atoms with E-state index in [1.54, 1.807) is 0 Å². The van der Waals surface area contributed by atoms with Gasteiger partial charge in [0, 0.05) is 31.3 Å². The Bertz CT molecular complexity index is 572. The van der Waals surface area contributed by atoms with Crippen LogP contribution in [0.15, 0.2) is 28.0 Å². The highest BCUT2D eigenvalue weighted by Gasteiger charge is 2.14. The van der Waals surface area contributed by atoms with E-state index in [0.717, 1.165) is 12.3 Å². The molecule has 0 fully saturated rings. The smallest absolute Gasteiger partial charge is 0.247 e. The molecule has 3 N–H and O–H groups in total. The minimum absolute atomic E-state index is 0.0000130. The summed E-state index contributed by atoms with van der Waals surface area (Å²) >= 11 is 0. The van der Waals surface area contributed by atoms with Crippen LogP contribution >= 0.6 is 0 Å². The first-order chi connectivity index (χ1) is 8.81. The predicted molar refractivity (Wildman–Crippen MR) is 70.1 cm³/mol. The van der Waals surface area contributed by atoms with Crippen molar-refractivity contribution in [2.75, 3.05) is 6.54 Å². The minimum Gasteiger partial charge on any atom is -0.354 e. The van der Waals surface area contributed by atoms with Crippen molar-refractivity contribution >= 4 is 15.9 Å². The first kappa shape index (κ1) is 15.4. The molecule has 0 spiro atoms. The number of amides is 1. The van der Waals surface area contributed by atoms with E-state index in [2.05, 4.69) is 15.0 Å². The summed E-state index contributed by atoms with van der Waals surface area (Å²) < 4.78 is 25.9. The van der Waals surface area contributed by atoms with Crippen molar-refractivity contribution < 1.29 is 13.2 Å². The van der Waals surface area contributed by atoms with Crippen molar-refractivity contribution in [1.82, 2.24) is 15.0 Å². The van der Waals surface area contributed by atoms with Gasteiger partial charge in [-0.1, -0.05) is 0 Å². The van der Waals surface area contributed by atoms with Crippen LogP contribution in [0.4, 0.5) is 0 Å². The van der Waals surface area contributed by atoms with Gasteiger partial charge in [0.1, 0.15) is 0 Å². The second kappa shape index (κ2) is 6.48. The molecule has 1 rings (SSSR count). The third-order valence-corrected chi connectivity index (χ3v) is 3.62. The van der Waals surface area contributed by atoms with Crippen LogP contribution in [0.5, 0.6) is 0 Å². The molecule has 0 atom stereocenters. The summed E-state index contributed by atoms with van der Waals surface area (Å²) in [5.74, 6) is -0.223. The summed E-state index contributed by atoms with van der Waals surface area (Å²) in [5, 5.41) is 2.65. The first-order valence-corrected chi connectivity index (χ1v) is 7.27. The minimum atomic E-state index is -3.70. The van der Waals surface area contributed by atoms with Crippen LogP contribution in [0.1, 0.15) is 20.3 Å². The Balaban J connectivity index is 2.54. The van der Waals surface area contributed by atoms with E-state index in [4.69, 9.17) is 0 Å². The maximum Gasteiger partial charge on any atom is 0.247 e. The summed E-state index contributed by atoms with van der Waals surface area (Å²) in [6, 6.07) is 2.35. The first-order valence-electron chi connectivity index (χ1n) is 5.79. The van der Waals surface area contributed by atoms with Gasteiger partial charge >= 0.3 is 0 Å². The Kier molecular flexibility index (Phi) is 5.25. The molecule has 0 aliphatic heterocycles. The van der Waals surface area contributed by atoms with E-state index in [9.17, 15) is 18.0 Å². The number of aromatic amines is 1. The third-order valence-electron chi connectivity index (χ3n) is 2.16. The summed E-state index contributed by atoms with van der Waals surface area (Å²) in [6.07, 6.45) is 1.17. The standard InChI is InChI=1S/C11H17N3O4S/c1-8(2)14-11(16)5-6-13-19(17,18)9-3-4-10(15)12-7-9/h3-4,7-8,13H,5-6H2,1-2H3,(H,12,15)(H,14,16). The highest BCUT2D eigenvalue weighted by atomic mass is 32.2. The number of hydrogen-bond acceptors (Lipinski definition) is 4. The molecule has 1 aromatic rings. The molecule has 0 aromatic carbocycles. The second-order valence-corrected chi connectivity index (χ2v) is 6.03. The molecule has 8 heteroatoms. The summed E-state index contributed by atoms with van der Waals surface area (Å²) in [4.78, 5) is 24.4. The quantitative estimate of drug-likeness (QED) is 0.659. The van der Waals surface area contributed by atoms with Gasteiger partial charge in [-0.25, -0.2) is 13.1 Å². The van der Waals surface area contributed by atoms with Gasteiger partial charge in [-0.3, -0.25) is 9.59 Å². The van der Waals surface area contributed by atoms with E-state index < -0.39 is 10.0 Å². The molecule has 0 aliphatic rings. The number of rotatable bonds is 6. The lowest BCUT2D eigenvalue weighted by atomic mass is 10.3. The van der Waals surface area contributed by atoms with Gasteiger partial charge in [0.25, 0.3) is 0 Å². The fourth-order valence-electron chi connectivity index (χ4n) is 1.34. The van der Waals surface area contributed by atoms with Gasteiger partial charge in [-0.05, 0) is 19.9 Å². The van der Waals surface area contributed by atoms with E-state index in [0.29, 0.717) is 0 Å². The number of H-pyrrole nitrogens is 1. The number of nitrogens with one attached hydrogen (secondary N) is 3. The topological polar surface area (TPSA) is 108 Å². The van der Waals surface area contributed by atoms with Crippen molar-refractivity contribution in [2.24, 2.45) is 0 Å². The normalized spacial score (nSPS) is 11.5. The number of hydrogen-bond donors (Lipinski definition) is 3. The van der Waals surface area contributed by atoms with Crippen molar-refractivity contribution in [3.63, 3.8) is 0 Å². The largest absolute Gasteiger partial charge is 0.354 e. The van der Waals surface area contributed by atoms with Crippen molar-refractivity contribution in [3.8, 4) is 0 Å². The second-order valence-electron chi connectivity index (χ2n) is 4.26.